The number of esters is 1. The predicted octanol–water partition coefficient (Wildman–Crippen LogP) is 2.12. The lowest BCUT2D eigenvalue weighted by Crippen LogP contribution is -2.13. The van der Waals surface area contributed by atoms with Crippen LogP contribution in [0.4, 0.5) is 0 Å². The Morgan fingerprint density at radius 3 is 3.05 bits per heavy atom. The summed E-state index contributed by atoms with van der Waals surface area (Å²) in [7, 11) is 1.34. The van der Waals surface area contributed by atoms with Crippen LogP contribution in [0, 0.1) is 0 Å². The summed E-state index contributed by atoms with van der Waals surface area (Å²) in [6.07, 6.45) is 6.04. The highest BCUT2D eigenvalue weighted by atomic mass is 32.1. The molecule has 0 fully saturated rings. The smallest absolute Gasteiger partial charge is 0.343 e. The fraction of sp³-hybridized carbons (Fsp3) is 0.462. The third-order valence-corrected chi connectivity index (χ3v) is 4.47. The Bertz CT molecular complexity index is 624. The second-order valence-corrected chi connectivity index (χ2v) is 5.52. The van der Waals surface area contributed by atoms with Crippen LogP contribution in [0.5, 0.6) is 5.88 Å². The Balaban J connectivity index is 1.99. The van der Waals surface area contributed by atoms with Crippen molar-refractivity contribution >= 4 is 27.5 Å². The normalized spacial score (nSPS) is 14.2. The van der Waals surface area contributed by atoms with Gasteiger partial charge < -0.3 is 9.47 Å². The number of hydrogen-bond donors (Lipinski definition) is 0. The van der Waals surface area contributed by atoms with Crippen molar-refractivity contribution in [3.05, 3.63) is 16.8 Å². The van der Waals surface area contributed by atoms with Crippen molar-refractivity contribution in [2.75, 3.05) is 13.7 Å². The molecule has 2 aromatic rings. The predicted molar refractivity (Wildman–Crippen MR) is 71.6 cm³/mol. The first kappa shape index (κ1) is 12.3. The number of rotatable bonds is 3. The van der Waals surface area contributed by atoms with E-state index in [9.17, 15) is 4.79 Å². The molecule has 0 spiro atoms. The molecule has 19 heavy (non-hydrogen) atoms. The van der Waals surface area contributed by atoms with Gasteiger partial charge in [0.2, 0.25) is 5.88 Å². The van der Waals surface area contributed by atoms with E-state index in [0.717, 1.165) is 23.1 Å². The van der Waals surface area contributed by atoms with E-state index in [2.05, 4.69) is 14.7 Å². The fourth-order valence-corrected chi connectivity index (χ4v) is 3.58. The molecule has 1 aliphatic rings. The van der Waals surface area contributed by atoms with Gasteiger partial charge in [0.05, 0.1) is 12.5 Å². The zero-order valence-electron chi connectivity index (χ0n) is 10.6. The molecule has 1 aliphatic carbocycles. The summed E-state index contributed by atoms with van der Waals surface area (Å²) in [4.78, 5) is 21.9. The molecule has 6 heteroatoms. The molecule has 100 valence electrons. The highest BCUT2D eigenvalue weighted by molar-refractivity contribution is 7.18. The summed E-state index contributed by atoms with van der Waals surface area (Å²) in [6.45, 7) is -0.118. The van der Waals surface area contributed by atoms with Crippen LogP contribution in [-0.2, 0) is 22.4 Å². The molecule has 0 aromatic carbocycles. The van der Waals surface area contributed by atoms with E-state index >= 15 is 0 Å². The SMILES string of the molecule is COC(=O)COc1ncnc2sc3c(c12)CCCC3. The molecule has 0 saturated carbocycles. The van der Waals surface area contributed by atoms with Gasteiger partial charge in [-0.25, -0.2) is 14.8 Å². The first-order chi connectivity index (χ1) is 9.29. The van der Waals surface area contributed by atoms with Crippen molar-refractivity contribution < 1.29 is 14.3 Å². The number of fused-ring (bicyclic) bond motifs is 3. The van der Waals surface area contributed by atoms with Crippen LogP contribution in [0.1, 0.15) is 23.3 Å². The Hall–Kier alpha value is -1.69. The first-order valence-corrected chi connectivity index (χ1v) is 7.06. The van der Waals surface area contributed by atoms with Gasteiger partial charge in [-0.2, -0.15) is 0 Å². The second-order valence-electron chi connectivity index (χ2n) is 4.43. The van der Waals surface area contributed by atoms with E-state index in [4.69, 9.17) is 4.74 Å². The quantitative estimate of drug-likeness (QED) is 0.805. The van der Waals surface area contributed by atoms with E-state index in [-0.39, 0.29) is 6.61 Å². The lowest BCUT2D eigenvalue weighted by Gasteiger charge is -2.11. The second kappa shape index (κ2) is 5.13. The zero-order valence-corrected chi connectivity index (χ0v) is 11.5. The average Bonchev–Trinajstić information content (AvgIpc) is 2.83. The number of aromatic nitrogens is 2. The number of carbonyl (C=O) groups excluding carboxylic acids is 1. The van der Waals surface area contributed by atoms with E-state index in [1.165, 1.54) is 36.7 Å². The Labute approximate surface area is 114 Å². The maximum Gasteiger partial charge on any atom is 0.343 e. The molecule has 3 rings (SSSR count). The van der Waals surface area contributed by atoms with Crippen molar-refractivity contribution in [1.29, 1.82) is 0 Å². The molecule has 0 saturated heterocycles. The van der Waals surface area contributed by atoms with Gasteiger partial charge in [0.15, 0.2) is 6.61 Å². The minimum absolute atomic E-state index is 0.118. The third kappa shape index (κ3) is 2.28. The Kier molecular flexibility index (Phi) is 3.33. The highest BCUT2D eigenvalue weighted by Gasteiger charge is 2.20. The summed E-state index contributed by atoms with van der Waals surface area (Å²) in [5.74, 6) is 0.0886. The molecule has 0 N–H and O–H groups in total. The van der Waals surface area contributed by atoms with Gasteiger partial charge in [0.1, 0.15) is 11.2 Å². The van der Waals surface area contributed by atoms with Gasteiger partial charge in [0.25, 0.3) is 0 Å². The fourth-order valence-electron chi connectivity index (χ4n) is 2.36. The summed E-state index contributed by atoms with van der Waals surface area (Å²) >= 11 is 1.71. The first-order valence-electron chi connectivity index (χ1n) is 6.24. The van der Waals surface area contributed by atoms with Crippen molar-refractivity contribution in [3.63, 3.8) is 0 Å². The summed E-state index contributed by atoms with van der Waals surface area (Å²) < 4.78 is 10.1. The van der Waals surface area contributed by atoms with Crippen molar-refractivity contribution in [3.8, 4) is 5.88 Å². The minimum Gasteiger partial charge on any atom is -0.466 e. The standard InChI is InChI=1S/C13H14N2O3S/c1-17-10(16)6-18-12-11-8-4-2-3-5-9(8)19-13(11)15-7-14-12/h7H,2-6H2,1H3. The van der Waals surface area contributed by atoms with Gasteiger partial charge in [0, 0.05) is 4.88 Å². The number of ether oxygens (including phenoxy) is 2. The third-order valence-electron chi connectivity index (χ3n) is 3.27. The summed E-state index contributed by atoms with van der Waals surface area (Å²) in [5, 5.41) is 0.978. The van der Waals surface area contributed by atoms with Crippen LogP contribution < -0.4 is 4.74 Å². The largest absolute Gasteiger partial charge is 0.466 e. The molecule has 5 nitrogen and oxygen atoms in total. The number of hydrogen-bond acceptors (Lipinski definition) is 6. The number of aryl methyl sites for hydroxylation is 2. The molecule has 0 unspecified atom stereocenters. The van der Waals surface area contributed by atoms with Crippen molar-refractivity contribution in [2.45, 2.75) is 25.7 Å². The molecular formula is C13H14N2O3S. The van der Waals surface area contributed by atoms with Crippen LogP contribution in [0.2, 0.25) is 0 Å². The van der Waals surface area contributed by atoms with E-state index in [0.29, 0.717) is 5.88 Å². The van der Waals surface area contributed by atoms with Gasteiger partial charge in [-0.05, 0) is 31.2 Å². The van der Waals surface area contributed by atoms with E-state index in [1.807, 2.05) is 0 Å². The van der Waals surface area contributed by atoms with Crippen LogP contribution in [0.15, 0.2) is 6.33 Å². The van der Waals surface area contributed by atoms with E-state index in [1.54, 1.807) is 11.3 Å². The monoisotopic (exact) mass is 278 g/mol. The van der Waals surface area contributed by atoms with E-state index < -0.39 is 5.97 Å². The van der Waals surface area contributed by atoms with Crippen LogP contribution in [0.3, 0.4) is 0 Å². The number of carbonyl (C=O) groups is 1. The lowest BCUT2D eigenvalue weighted by atomic mass is 9.97. The number of nitrogens with zero attached hydrogens (tertiary/aromatic N) is 2. The van der Waals surface area contributed by atoms with Gasteiger partial charge in [-0.3, -0.25) is 0 Å². The number of thiophene rings is 1. The molecule has 0 aliphatic heterocycles. The Morgan fingerprint density at radius 2 is 2.21 bits per heavy atom. The Morgan fingerprint density at radius 1 is 1.37 bits per heavy atom. The highest BCUT2D eigenvalue weighted by Crippen LogP contribution is 2.38. The number of methoxy groups -OCH3 is 1. The molecule has 2 heterocycles. The molecule has 0 atom stereocenters. The minimum atomic E-state index is -0.407. The average molecular weight is 278 g/mol. The molecule has 0 bridgehead atoms. The molecule has 0 radical (unpaired) electrons. The van der Waals surface area contributed by atoms with Crippen LogP contribution in [-0.4, -0.2) is 29.7 Å². The molecular weight excluding hydrogens is 264 g/mol. The van der Waals surface area contributed by atoms with Crippen molar-refractivity contribution in [2.24, 2.45) is 0 Å². The lowest BCUT2D eigenvalue weighted by molar-refractivity contribution is -0.142. The van der Waals surface area contributed by atoms with Gasteiger partial charge in [-0.15, -0.1) is 11.3 Å². The van der Waals surface area contributed by atoms with Crippen LogP contribution >= 0.6 is 11.3 Å². The maximum absolute atomic E-state index is 11.2. The van der Waals surface area contributed by atoms with Crippen LogP contribution in [0.25, 0.3) is 10.2 Å². The molecule has 0 amide bonds. The topological polar surface area (TPSA) is 61.3 Å². The van der Waals surface area contributed by atoms with Gasteiger partial charge >= 0.3 is 5.97 Å². The summed E-state index contributed by atoms with van der Waals surface area (Å²) in [6, 6.07) is 0. The zero-order chi connectivity index (χ0) is 13.2. The van der Waals surface area contributed by atoms with Crippen molar-refractivity contribution in [1.82, 2.24) is 9.97 Å². The molecule has 2 aromatic heterocycles. The maximum atomic E-state index is 11.2. The summed E-state index contributed by atoms with van der Waals surface area (Å²) in [5.41, 5.74) is 1.30. The van der Waals surface area contributed by atoms with Gasteiger partial charge in [-0.1, -0.05) is 0 Å².